The SMILES string of the molecule is CCCCCCc1c[nH]c2ccc(Oc3c(C)cc(CC(=O)O)cc3Br)cc12. The van der Waals surface area contributed by atoms with Crippen molar-refractivity contribution in [2.24, 2.45) is 0 Å². The molecule has 0 aliphatic heterocycles. The molecule has 1 heterocycles. The third kappa shape index (κ3) is 4.96. The summed E-state index contributed by atoms with van der Waals surface area (Å²) < 4.78 is 6.93. The molecule has 0 bridgehead atoms. The van der Waals surface area contributed by atoms with Crippen LogP contribution in [0.15, 0.2) is 41.0 Å². The molecule has 2 N–H and O–H groups in total. The molecule has 4 nitrogen and oxygen atoms in total. The number of carboxylic acid groups (broad SMARTS) is 1. The van der Waals surface area contributed by atoms with E-state index in [9.17, 15) is 4.79 Å². The van der Waals surface area contributed by atoms with Gasteiger partial charge in [-0.15, -0.1) is 0 Å². The zero-order chi connectivity index (χ0) is 20.1. The molecule has 0 amide bonds. The van der Waals surface area contributed by atoms with Crippen LogP contribution in [0.1, 0.15) is 49.3 Å². The van der Waals surface area contributed by atoms with Crippen LogP contribution in [0.5, 0.6) is 11.5 Å². The molecule has 148 valence electrons. The number of aromatic amines is 1. The number of H-pyrrole nitrogens is 1. The van der Waals surface area contributed by atoms with Crippen LogP contribution in [0.25, 0.3) is 10.9 Å². The van der Waals surface area contributed by atoms with Crippen molar-refractivity contribution in [1.82, 2.24) is 4.98 Å². The average molecular weight is 444 g/mol. The molecule has 0 spiro atoms. The Labute approximate surface area is 174 Å². The van der Waals surface area contributed by atoms with E-state index in [-0.39, 0.29) is 6.42 Å². The van der Waals surface area contributed by atoms with Crippen molar-refractivity contribution in [3.8, 4) is 11.5 Å². The first-order valence-electron chi connectivity index (χ1n) is 9.76. The van der Waals surface area contributed by atoms with Gasteiger partial charge in [-0.1, -0.05) is 32.3 Å². The summed E-state index contributed by atoms with van der Waals surface area (Å²) in [6.45, 7) is 4.16. The quantitative estimate of drug-likeness (QED) is 0.358. The summed E-state index contributed by atoms with van der Waals surface area (Å²) in [7, 11) is 0. The summed E-state index contributed by atoms with van der Waals surface area (Å²) in [6, 6.07) is 9.75. The van der Waals surface area contributed by atoms with E-state index in [1.807, 2.05) is 31.2 Å². The molecule has 0 atom stereocenters. The Hall–Kier alpha value is -2.27. The number of aliphatic carboxylic acids is 1. The van der Waals surface area contributed by atoms with Crippen molar-refractivity contribution in [3.63, 3.8) is 0 Å². The Morgan fingerprint density at radius 1 is 1.18 bits per heavy atom. The first-order chi connectivity index (χ1) is 13.5. The third-order valence-corrected chi connectivity index (χ3v) is 5.49. The van der Waals surface area contributed by atoms with Gasteiger partial charge in [-0.3, -0.25) is 4.79 Å². The number of hydrogen-bond donors (Lipinski definition) is 2. The lowest BCUT2D eigenvalue weighted by atomic mass is 10.1. The number of rotatable bonds is 9. The monoisotopic (exact) mass is 443 g/mol. The highest BCUT2D eigenvalue weighted by Crippen LogP contribution is 2.36. The largest absolute Gasteiger partial charge is 0.481 e. The molecule has 28 heavy (non-hydrogen) atoms. The summed E-state index contributed by atoms with van der Waals surface area (Å²) in [5.41, 5.74) is 4.09. The van der Waals surface area contributed by atoms with E-state index < -0.39 is 5.97 Å². The van der Waals surface area contributed by atoms with Gasteiger partial charge in [0.15, 0.2) is 0 Å². The summed E-state index contributed by atoms with van der Waals surface area (Å²) in [4.78, 5) is 14.3. The maximum absolute atomic E-state index is 11.0. The van der Waals surface area contributed by atoms with E-state index in [0.717, 1.165) is 33.3 Å². The molecule has 0 aliphatic rings. The summed E-state index contributed by atoms with van der Waals surface area (Å²) >= 11 is 3.53. The highest BCUT2D eigenvalue weighted by molar-refractivity contribution is 9.10. The molecule has 0 saturated heterocycles. The number of benzene rings is 2. The lowest BCUT2D eigenvalue weighted by Crippen LogP contribution is -2.01. The molecule has 0 radical (unpaired) electrons. The van der Waals surface area contributed by atoms with Gasteiger partial charge in [-0.2, -0.15) is 0 Å². The Kier molecular flexibility index (Phi) is 6.79. The van der Waals surface area contributed by atoms with Gasteiger partial charge in [0.1, 0.15) is 11.5 Å². The van der Waals surface area contributed by atoms with Crippen LogP contribution in [-0.4, -0.2) is 16.1 Å². The van der Waals surface area contributed by atoms with Gasteiger partial charge in [-0.05, 0) is 76.7 Å². The van der Waals surface area contributed by atoms with Gasteiger partial charge in [0.05, 0.1) is 10.9 Å². The second-order valence-electron chi connectivity index (χ2n) is 7.23. The molecule has 0 saturated carbocycles. The van der Waals surface area contributed by atoms with E-state index in [0.29, 0.717) is 5.75 Å². The Bertz CT molecular complexity index is 954. The summed E-state index contributed by atoms with van der Waals surface area (Å²) in [5.74, 6) is 0.648. The van der Waals surface area contributed by atoms with E-state index >= 15 is 0 Å². The predicted octanol–water partition coefficient (Wildman–Crippen LogP) is 6.78. The minimum absolute atomic E-state index is 0.00355. The maximum Gasteiger partial charge on any atom is 0.307 e. The van der Waals surface area contributed by atoms with Crippen molar-refractivity contribution >= 4 is 32.8 Å². The van der Waals surface area contributed by atoms with Gasteiger partial charge < -0.3 is 14.8 Å². The zero-order valence-corrected chi connectivity index (χ0v) is 17.9. The standard InChI is InChI=1S/C23H26BrNO3/c1-3-4-5-6-7-17-14-25-21-9-8-18(13-19(17)21)28-23-15(2)10-16(11-20(23)24)12-22(26)27/h8-11,13-14,25H,3-7,12H2,1-2H3,(H,26,27). The van der Waals surface area contributed by atoms with Gasteiger partial charge in [-0.25, -0.2) is 0 Å². The van der Waals surface area contributed by atoms with Crippen molar-refractivity contribution in [3.05, 3.63) is 57.7 Å². The number of hydrogen-bond acceptors (Lipinski definition) is 2. The topological polar surface area (TPSA) is 62.3 Å². The molecule has 0 aliphatic carbocycles. The smallest absolute Gasteiger partial charge is 0.307 e. The molecular weight excluding hydrogens is 418 g/mol. The van der Waals surface area contributed by atoms with E-state index in [1.165, 1.54) is 36.6 Å². The minimum atomic E-state index is -0.843. The van der Waals surface area contributed by atoms with Crippen molar-refractivity contribution in [1.29, 1.82) is 0 Å². The highest BCUT2D eigenvalue weighted by Gasteiger charge is 2.12. The number of halogens is 1. The lowest BCUT2D eigenvalue weighted by Gasteiger charge is -2.13. The van der Waals surface area contributed by atoms with Crippen molar-refractivity contribution in [2.75, 3.05) is 0 Å². The minimum Gasteiger partial charge on any atom is -0.481 e. The number of aromatic nitrogens is 1. The van der Waals surface area contributed by atoms with Gasteiger partial charge in [0.25, 0.3) is 0 Å². The van der Waals surface area contributed by atoms with Gasteiger partial charge in [0.2, 0.25) is 0 Å². The molecule has 1 aromatic heterocycles. The number of unbranched alkanes of at least 4 members (excludes halogenated alkanes) is 3. The average Bonchev–Trinajstić information content (AvgIpc) is 3.04. The Morgan fingerprint density at radius 2 is 2.00 bits per heavy atom. The number of fused-ring (bicyclic) bond motifs is 1. The molecular formula is C23H26BrNO3. The van der Waals surface area contributed by atoms with Gasteiger partial charge >= 0.3 is 5.97 Å². The number of aryl methyl sites for hydroxylation is 2. The van der Waals surface area contributed by atoms with Crippen LogP contribution in [0.2, 0.25) is 0 Å². The fraction of sp³-hybridized carbons (Fsp3) is 0.348. The van der Waals surface area contributed by atoms with E-state index in [1.54, 1.807) is 0 Å². The number of ether oxygens (including phenoxy) is 1. The van der Waals surface area contributed by atoms with E-state index in [4.69, 9.17) is 9.84 Å². The van der Waals surface area contributed by atoms with Crippen LogP contribution in [0.3, 0.4) is 0 Å². The molecule has 2 aromatic carbocycles. The fourth-order valence-electron chi connectivity index (χ4n) is 3.50. The van der Waals surface area contributed by atoms with Crippen LogP contribution in [-0.2, 0) is 17.6 Å². The van der Waals surface area contributed by atoms with E-state index in [2.05, 4.69) is 40.1 Å². The normalized spacial score (nSPS) is 11.1. The molecule has 3 aromatic rings. The second kappa shape index (κ2) is 9.28. The Balaban J connectivity index is 1.81. The van der Waals surface area contributed by atoms with Crippen molar-refractivity contribution < 1.29 is 14.6 Å². The molecule has 5 heteroatoms. The maximum atomic E-state index is 11.0. The molecule has 0 unspecified atom stereocenters. The number of nitrogens with one attached hydrogen (secondary N) is 1. The fourth-order valence-corrected chi connectivity index (χ4v) is 4.18. The lowest BCUT2D eigenvalue weighted by molar-refractivity contribution is -0.136. The number of carbonyl (C=O) groups is 1. The Morgan fingerprint density at radius 3 is 2.71 bits per heavy atom. The number of carboxylic acids is 1. The second-order valence-corrected chi connectivity index (χ2v) is 8.08. The van der Waals surface area contributed by atoms with Gasteiger partial charge in [0, 0.05) is 17.1 Å². The predicted molar refractivity (Wildman–Crippen MR) is 116 cm³/mol. The first-order valence-corrected chi connectivity index (χ1v) is 10.6. The van der Waals surface area contributed by atoms with Crippen LogP contribution >= 0.6 is 15.9 Å². The van der Waals surface area contributed by atoms with Crippen molar-refractivity contribution in [2.45, 2.75) is 52.4 Å². The van der Waals surface area contributed by atoms with Crippen LogP contribution in [0.4, 0.5) is 0 Å². The highest BCUT2D eigenvalue weighted by atomic mass is 79.9. The first kappa shape index (κ1) is 20.5. The third-order valence-electron chi connectivity index (χ3n) is 4.90. The molecule has 0 fully saturated rings. The zero-order valence-electron chi connectivity index (χ0n) is 16.3. The van der Waals surface area contributed by atoms with Crippen LogP contribution in [0, 0.1) is 6.92 Å². The summed E-state index contributed by atoms with van der Waals surface area (Å²) in [5, 5.41) is 10.2. The molecule has 3 rings (SSSR count). The van der Waals surface area contributed by atoms with Crippen LogP contribution < -0.4 is 4.74 Å². The summed E-state index contributed by atoms with van der Waals surface area (Å²) in [6.07, 6.45) is 8.14.